The first-order valence-electron chi connectivity index (χ1n) is 15.5. The molecule has 0 unspecified atom stereocenters. The number of pyridine rings is 1. The van der Waals surface area contributed by atoms with Crippen molar-refractivity contribution in [3.63, 3.8) is 0 Å². The summed E-state index contributed by atoms with van der Waals surface area (Å²) < 4.78 is 38.0. The number of ether oxygens (including phenoxy) is 4. The van der Waals surface area contributed by atoms with Crippen LogP contribution in [0.2, 0.25) is 10.0 Å². The van der Waals surface area contributed by atoms with Crippen LogP contribution < -0.4 is 19.4 Å². The summed E-state index contributed by atoms with van der Waals surface area (Å²) in [4.78, 5) is 34.7. The predicted octanol–water partition coefficient (Wildman–Crippen LogP) is 7.23. The van der Waals surface area contributed by atoms with E-state index in [1.165, 1.54) is 25.2 Å². The Balaban J connectivity index is 0.00000468. The highest BCUT2D eigenvalue weighted by Gasteiger charge is 2.38. The first kappa shape index (κ1) is 36.3. The summed E-state index contributed by atoms with van der Waals surface area (Å²) in [5.74, 6) is 0.139. The van der Waals surface area contributed by atoms with Crippen LogP contribution in [-0.2, 0) is 22.4 Å². The van der Waals surface area contributed by atoms with Crippen LogP contribution in [0.15, 0.2) is 67.0 Å². The average molecular weight is 733 g/mol. The van der Waals surface area contributed by atoms with E-state index in [4.69, 9.17) is 42.1 Å². The number of para-hydroxylation sites is 1. The largest absolute Gasteiger partial charge is 0.870 e. The normalized spacial score (nSPS) is 18.6. The molecular formula is C35H36Cl2FN3O7S. The van der Waals surface area contributed by atoms with Crippen LogP contribution in [0.25, 0.3) is 0 Å². The van der Waals surface area contributed by atoms with E-state index in [-0.39, 0.29) is 30.2 Å². The molecule has 2 aromatic heterocycles. The maximum Gasteiger partial charge on any atom is 0.415 e. The SMILES string of the molecule is COc1ccc([C@H](Cc2c(Cl)c[nH+]cc2Cl)OC(=O)c2ccc(CN(C(=O)O[C@@H]3CN4CCC3CC4)c3ccccc3F)s2)cc1OC.[OH-]. The van der Waals surface area contributed by atoms with E-state index in [0.29, 0.717) is 54.9 Å². The van der Waals surface area contributed by atoms with Gasteiger partial charge in [0, 0.05) is 23.4 Å². The fraction of sp³-hybridized carbons (Fsp3) is 0.343. The van der Waals surface area contributed by atoms with Crippen LogP contribution in [0, 0.1) is 11.7 Å². The third kappa shape index (κ3) is 8.27. The lowest BCUT2D eigenvalue weighted by Gasteiger charge is -2.44. The Bertz CT molecular complexity index is 1770. The number of halogens is 3. The van der Waals surface area contributed by atoms with Gasteiger partial charge in [0.15, 0.2) is 23.9 Å². The number of benzene rings is 2. The molecule has 4 aromatic rings. The first-order chi connectivity index (χ1) is 23.2. The maximum absolute atomic E-state index is 15.0. The van der Waals surface area contributed by atoms with Gasteiger partial charge in [-0.1, -0.05) is 41.4 Å². The Kier molecular flexibility index (Phi) is 12.0. The van der Waals surface area contributed by atoms with E-state index < -0.39 is 24.0 Å². The Labute approximate surface area is 297 Å². The number of H-pyrrole nitrogens is 1. The number of nitrogens with zero attached hydrogens (tertiary/aromatic N) is 2. The minimum Gasteiger partial charge on any atom is -0.870 e. The highest BCUT2D eigenvalue weighted by molar-refractivity contribution is 7.14. The van der Waals surface area contributed by atoms with Gasteiger partial charge in [0.1, 0.15) is 32.9 Å². The third-order valence-corrected chi connectivity index (χ3v) is 10.5. The number of anilines is 1. The number of aromatic nitrogens is 1. The van der Waals surface area contributed by atoms with Gasteiger partial charge in [-0.05, 0) is 73.8 Å². The predicted molar refractivity (Wildman–Crippen MR) is 183 cm³/mol. The zero-order valence-electron chi connectivity index (χ0n) is 26.9. The van der Waals surface area contributed by atoms with Crippen LogP contribution in [0.5, 0.6) is 11.5 Å². The van der Waals surface area contributed by atoms with Crippen LogP contribution in [0.3, 0.4) is 0 Å². The van der Waals surface area contributed by atoms with Gasteiger partial charge in [0.05, 0.1) is 26.5 Å². The average Bonchev–Trinajstić information content (AvgIpc) is 3.58. The lowest BCUT2D eigenvalue weighted by molar-refractivity contribution is -0.377. The first-order valence-corrected chi connectivity index (χ1v) is 17.1. The number of aromatic amines is 1. The number of esters is 1. The third-order valence-electron chi connectivity index (χ3n) is 8.80. The Morgan fingerprint density at radius 1 is 1.02 bits per heavy atom. The molecule has 5 heterocycles. The van der Waals surface area contributed by atoms with Crippen molar-refractivity contribution in [2.24, 2.45) is 5.92 Å². The van der Waals surface area contributed by atoms with Gasteiger partial charge in [0.25, 0.3) is 0 Å². The molecule has 14 heteroatoms. The van der Waals surface area contributed by atoms with Crippen LogP contribution >= 0.6 is 34.5 Å². The van der Waals surface area contributed by atoms with Crippen molar-refractivity contribution in [1.29, 1.82) is 0 Å². The molecular weight excluding hydrogens is 696 g/mol. The van der Waals surface area contributed by atoms with Crippen molar-refractivity contribution in [2.75, 3.05) is 38.8 Å². The number of thiophene rings is 1. The van der Waals surface area contributed by atoms with E-state index in [1.807, 2.05) is 0 Å². The number of piperidine rings is 3. The standard InChI is InChI=1S/C35H34Cl2FN3O6S.H2O/c1-44-29-9-7-22(15-31(29)45-2)30(16-24-25(36)17-39-18-26(24)37)46-34(42)33-10-8-23(48-33)19-41(28-6-4-3-5-27(28)38)35(43)47-32-20-40-13-11-21(32)12-14-40;/h3-10,15,17-18,21,30,32H,11-14,16,19-20H2,1-2H3;1H2/t30-,32+;/m0./s1. The highest BCUT2D eigenvalue weighted by atomic mass is 35.5. The monoisotopic (exact) mass is 731 g/mol. The smallest absolute Gasteiger partial charge is 0.415 e. The van der Waals surface area contributed by atoms with E-state index in [2.05, 4.69) is 9.88 Å². The molecule has 7 rings (SSSR count). The molecule has 2 atom stereocenters. The number of nitrogens with one attached hydrogen (secondary N) is 1. The molecule has 2 bridgehead atoms. The number of hydrogen-bond acceptors (Lipinski definition) is 9. The van der Waals surface area contributed by atoms with Crippen molar-refractivity contribution in [1.82, 2.24) is 4.90 Å². The summed E-state index contributed by atoms with van der Waals surface area (Å²) in [5.41, 5.74) is 1.33. The molecule has 0 radical (unpaired) electrons. The van der Waals surface area contributed by atoms with Crippen molar-refractivity contribution in [2.45, 2.75) is 38.0 Å². The Morgan fingerprint density at radius 3 is 2.39 bits per heavy atom. The number of methoxy groups -OCH3 is 2. The summed E-state index contributed by atoms with van der Waals surface area (Å²) >= 11 is 14.1. The fourth-order valence-corrected chi connectivity index (χ4v) is 7.62. The van der Waals surface area contributed by atoms with Gasteiger partial charge in [-0.2, -0.15) is 0 Å². The molecule has 2 aromatic carbocycles. The quantitative estimate of drug-likeness (QED) is 0.148. The number of carbonyl (C=O) groups is 2. The minimum absolute atomic E-state index is 0. The van der Waals surface area contributed by atoms with Gasteiger partial charge in [-0.3, -0.25) is 9.80 Å². The van der Waals surface area contributed by atoms with Crippen molar-refractivity contribution < 1.29 is 43.4 Å². The topological polar surface area (TPSA) is 122 Å². The molecule has 3 aliphatic heterocycles. The summed E-state index contributed by atoms with van der Waals surface area (Å²) in [6.45, 7) is 2.68. The lowest BCUT2D eigenvalue weighted by atomic mass is 9.86. The molecule has 3 saturated heterocycles. The van der Waals surface area contributed by atoms with E-state index in [0.717, 1.165) is 37.3 Å². The fourth-order valence-electron chi connectivity index (χ4n) is 6.21. The summed E-state index contributed by atoms with van der Waals surface area (Å²) in [5, 5.41) is 0.779. The van der Waals surface area contributed by atoms with Gasteiger partial charge >= 0.3 is 12.1 Å². The minimum atomic E-state index is -0.799. The van der Waals surface area contributed by atoms with Crippen LogP contribution in [0.4, 0.5) is 14.9 Å². The summed E-state index contributed by atoms with van der Waals surface area (Å²) in [6.07, 6.45) is 3.65. The number of rotatable bonds is 11. The maximum atomic E-state index is 15.0. The molecule has 1 amide bonds. The van der Waals surface area contributed by atoms with Crippen LogP contribution in [-0.4, -0.2) is 62.4 Å². The molecule has 0 spiro atoms. The van der Waals surface area contributed by atoms with Gasteiger partial charge in [-0.25, -0.2) is 19.0 Å². The molecule has 10 nitrogen and oxygen atoms in total. The van der Waals surface area contributed by atoms with E-state index >= 15 is 4.39 Å². The van der Waals surface area contributed by atoms with Crippen molar-refractivity contribution >= 4 is 52.3 Å². The second-order valence-electron chi connectivity index (χ2n) is 11.7. The van der Waals surface area contributed by atoms with Gasteiger partial charge in [0.2, 0.25) is 0 Å². The molecule has 0 aliphatic carbocycles. The van der Waals surface area contributed by atoms with Gasteiger partial charge < -0.3 is 24.4 Å². The molecule has 49 heavy (non-hydrogen) atoms. The molecule has 3 aliphatic rings. The number of amides is 1. The van der Waals surface area contributed by atoms with E-state index in [9.17, 15) is 9.59 Å². The molecule has 0 saturated carbocycles. The second kappa shape index (κ2) is 16.2. The zero-order chi connectivity index (χ0) is 33.8. The van der Waals surface area contributed by atoms with Crippen molar-refractivity contribution in [3.05, 3.63) is 104 Å². The molecule has 260 valence electrons. The van der Waals surface area contributed by atoms with Crippen molar-refractivity contribution in [3.8, 4) is 11.5 Å². The molecule has 3 fully saturated rings. The lowest BCUT2D eigenvalue weighted by Crippen LogP contribution is -2.53. The zero-order valence-corrected chi connectivity index (χ0v) is 29.2. The number of fused-ring (bicyclic) bond motifs is 3. The number of carbonyl (C=O) groups excluding carboxylic acids is 2. The molecule has 2 N–H and O–H groups in total. The van der Waals surface area contributed by atoms with Gasteiger partial charge in [-0.15, -0.1) is 11.3 Å². The summed E-state index contributed by atoms with van der Waals surface area (Å²) in [7, 11) is 3.06. The number of hydrogen-bond donors (Lipinski definition) is 0. The van der Waals surface area contributed by atoms with Crippen LogP contribution in [0.1, 0.15) is 44.6 Å². The Morgan fingerprint density at radius 2 is 1.73 bits per heavy atom. The summed E-state index contributed by atoms with van der Waals surface area (Å²) in [6, 6.07) is 14.7. The highest BCUT2D eigenvalue weighted by Crippen LogP contribution is 2.36. The second-order valence-corrected chi connectivity index (χ2v) is 13.7. The van der Waals surface area contributed by atoms with E-state index in [1.54, 1.807) is 60.9 Å². The Hall–Kier alpha value is -3.94.